The molecule has 2 saturated heterocycles. The van der Waals surface area contributed by atoms with Crippen LogP contribution < -0.4 is 0 Å². The van der Waals surface area contributed by atoms with E-state index in [1.165, 1.54) is 47.8 Å². The van der Waals surface area contributed by atoms with Crippen molar-refractivity contribution in [1.82, 2.24) is 9.80 Å². The van der Waals surface area contributed by atoms with E-state index in [2.05, 4.69) is 0 Å². The number of thioether (sulfide) groups is 2. The van der Waals surface area contributed by atoms with Gasteiger partial charge in [-0.05, 0) is 49.2 Å². The minimum absolute atomic E-state index is 0.0242. The van der Waals surface area contributed by atoms with Crippen LogP contribution in [0.1, 0.15) is 35.7 Å². The van der Waals surface area contributed by atoms with Gasteiger partial charge in [0, 0.05) is 13.1 Å². The third kappa shape index (κ3) is 4.07. The van der Waals surface area contributed by atoms with Crippen molar-refractivity contribution in [3.63, 3.8) is 0 Å². The number of carbonyl (C=O) groups excluding carboxylic acids is 2. The van der Waals surface area contributed by atoms with E-state index in [1.54, 1.807) is 21.9 Å². The molecule has 0 radical (unpaired) electrons. The number of hydrogen-bond donors (Lipinski definition) is 0. The zero-order valence-electron chi connectivity index (χ0n) is 16.6. The molecule has 4 nitrogen and oxygen atoms in total. The number of hydrogen-bond acceptors (Lipinski definition) is 4. The van der Waals surface area contributed by atoms with Gasteiger partial charge in [-0.2, -0.15) is 0 Å². The molecule has 0 aliphatic carbocycles. The maximum atomic E-state index is 13.7. The lowest BCUT2D eigenvalue weighted by Gasteiger charge is -2.29. The highest BCUT2D eigenvalue weighted by atomic mass is 32.2. The van der Waals surface area contributed by atoms with Crippen LogP contribution in [0.2, 0.25) is 0 Å². The number of nitrogens with zero attached hydrogens (tertiary/aromatic N) is 2. The topological polar surface area (TPSA) is 40.6 Å². The Labute approximate surface area is 183 Å². The van der Waals surface area contributed by atoms with E-state index in [9.17, 15) is 18.4 Å². The zero-order valence-corrected chi connectivity index (χ0v) is 18.3. The van der Waals surface area contributed by atoms with E-state index in [0.29, 0.717) is 13.1 Å². The predicted molar refractivity (Wildman–Crippen MR) is 116 cm³/mol. The molecule has 2 fully saturated rings. The van der Waals surface area contributed by atoms with Crippen LogP contribution >= 0.6 is 23.5 Å². The van der Waals surface area contributed by atoms with Gasteiger partial charge in [0.05, 0.1) is 10.5 Å². The first-order valence-electron chi connectivity index (χ1n) is 9.78. The molecule has 30 heavy (non-hydrogen) atoms. The Bertz CT molecular complexity index is 896. The first-order chi connectivity index (χ1) is 14.3. The van der Waals surface area contributed by atoms with Gasteiger partial charge < -0.3 is 9.80 Å². The molecule has 2 aromatic carbocycles. The average Bonchev–Trinajstić information content (AvgIpc) is 3.16. The van der Waals surface area contributed by atoms with Gasteiger partial charge in [-0.15, -0.1) is 23.5 Å². The van der Waals surface area contributed by atoms with Crippen LogP contribution in [0.25, 0.3) is 0 Å². The molecular formula is C22H22F2N2O2S2. The third-order valence-corrected chi connectivity index (χ3v) is 8.13. The Balaban J connectivity index is 1.55. The summed E-state index contributed by atoms with van der Waals surface area (Å²) in [7, 11) is 0. The van der Waals surface area contributed by atoms with E-state index in [4.69, 9.17) is 0 Å². The number of amides is 2. The molecule has 2 heterocycles. The summed E-state index contributed by atoms with van der Waals surface area (Å²) < 4.78 is 27.5. The van der Waals surface area contributed by atoms with Crippen molar-refractivity contribution < 1.29 is 18.4 Å². The standard InChI is InChI=1S/C22H22F2N2O2S2/c1-13-19(27)25(21(29-13)15-5-3-7-17(23)11-15)9-10-26-20(28)14(2)30-22(26)16-6-4-8-18(24)12-16/h3-8,11-14,21-22H,9-10H2,1-2H3/t13-,14+,21-,22-/m1/s1. The summed E-state index contributed by atoms with van der Waals surface area (Å²) >= 11 is 2.96. The highest BCUT2D eigenvalue weighted by Crippen LogP contribution is 2.45. The van der Waals surface area contributed by atoms with Crippen molar-refractivity contribution >= 4 is 35.3 Å². The maximum Gasteiger partial charge on any atom is 0.236 e. The van der Waals surface area contributed by atoms with E-state index in [1.807, 2.05) is 26.0 Å². The van der Waals surface area contributed by atoms with Crippen molar-refractivity contribution in [2.75, 3.05) is 13.1 Å². The molecule has 0 spiro atoms. The lowest BCUT2D eigenvalue weighted by atomic mass is 10.2. The molecule has 0 N–H and O–H groups in total. The first kappa shape index (κ1) is 21.2. The molecule has 2 aliphatic heterocycles. The Hall–Kier alpha value is -2.06. The fraction of sp³-hybridized carbons (Fsp3) is 0.364. The molecule has 0 aromatic heterocycles. The van der Waals surface area contributed by atoms with Gasteiger partial charge in [0.25, 0.3) is 0 Å². The summed E-state index contributed by atoms with van der Waals surface area (Å²) in [6, 6.07) is 12.6. The second-order valence-corrected chi connectivity index (χ2v) is 10.3. The normalized spacial score (nSPS) is 26.7. The largest absolute Gasteiger partial charge is 0.324 e. The summed E-state index contributed by atoms with van der Waals surface area (Å²) in [5.41, 5.74) is 1.46. The summed E-state index contributed by atoms with van der Waals surface area (Å²) in [5.74, 6) is -0.731. The average molecular weight is 449 g/mol. The highest BCUT2D eigenvalue weighted by molar-refractivity contribution is 8.01. The van der Waals surface area contributed by atoms with Crippen LogP contribution in [0.15, 0.2) is 48.5 Å². The lowest BCUT2D eigenvalue weighted by Crippen LogP contribution is -2.40. The van der Waals surface area contributed by atoms with Gasteiger partial charge in [0.15, 0.2) is 0 Å². The maximum absolute atomic E-state index is 13.7. The fourth-order valence-electron chi connectivity index (χ4n) is 3.86. The number of carbonyl (C=O) groups is 2. The predicted octanol–water partition coefficient (Wildman–Crippen LogP) is 4.59. The van der Waals surface area contributed by atoms with Crippen LogP contribution in [0.4, 0.5) is 8.78 Å². The monoisotopic (exact) mass is 448 g/mol. The van der Waals surface area contributed by atoms with Gasteiger partial charge in [-0.1, -0.05) is 24.3 Å². The lowest BCUT2D eigenvalue weighted by molar-refractivity contribution is -0.133. The van der Waals surface area contributed by atoms with Gasteiger partial charge in [0.2, 0.25) is 11.8 Å². The van der Waals surface area contributed by atoms with Crippen molar-refractivity contribution in [3.05, 3.63) is 71.3 Å². The Kier molecular flexibility index (Phi) is 6.06. The summed E-state index contributed by atoms with van der Waals surface area (Å²) in [6.07, 6.45) is 0. The van der Waals surface area contributed by atoms with Crippen LogP contribution in [-0.2, 0) is 9.59 Å². The minimum Gasteiger partial charge on any atom is -0.324 e. The second-order valence-electron chi connectivity index (χ2n) is 7.43. The van der Waals surface area contributed by atoms with E-state index in [0.717, 1.165) is 11.1 Å². The summed E-state index contributed by atoms with van der Waals surface area (Å²) in [6.45, 7) is 4.35. The molecule has 0 saturated carbocycles. The second kappa shape index (κ2) is 8.59. The van der Waals surface area contributed by atoms with Crippen LogP contribution in [-0.4, -0.2) is 45.2 Å². The molecule has 4 rings (SSSR count). The summed E-state index contributed by atoms with van der Waals surface area (Å²) in [4.78, 5) is 29.0. The molecule has 2 amide bonds. The molecular weight excluding hydrogens is 426 g/mol. The number of benzene rings is 2. The van der Waals surface area contributed by atoms with E-state index >= 15 is 0 Å². The SMILES string of the molecule is C[C@@H]1S[C@H](c2cccc(F)c2)N(CCN2C(=O)[C@@H](C)S[C@@H]2c2cccc(F)c2)C1=O. The van der Waals surface area contributed by atoms with Crippen LogP contribution in [0.3, 0.4) is 0 Å². The molecule has 0 bridgehead atoms. The van der Waals surface area contributed by atoms with Crippen molar-refractivity contribution in [2.45, 2.75) is 35.1 Å². The minimum atomic E-state index is -0.342. The van der Waals surface area contributed by atoms with Crippen molar-refractivity contribution in [2.24, 2.45) is 0 Å². The highest BCUT2D eigenvalue weighted by Gasteiger charge is 2.42. The molecule has 2 aromatic rings. The number of rotatable bonds is 5. The number of halogens is 2. The molecule has 2 aliphatic rings. The third-order valence-electron chi connectivity index (χ3n) is 5.34. The van der Waals surface area contributed by atoms with E-state index < -0.39 is 0 Å². The first-order valence-corrected chi connectivity index (χ1v) is 11.7. The van der Waals surface area contributed by atoms with Gasteiger partial charge in [-0.25, -0.2) is 8.78 Å². The van der Waals surface area contributed by atoms with Crippen LogP contribution in [0, 0.1) is 11.6 Å². The van der Waals surface area contributed by atoms with Gasteiger partial charge >= 0.3 is 0 Å². The Morgan fingerprint density at radius 3 is 1.53 bits per heavy atom. The quantitative estimate of drug-likeness (QED) is 0.671. The molecule has 0 unspecified atom stereocenters. The summed E-state index contributed by atoms with van der Waals surface area (Å²) in [5, 5.41) is -1.06. The van der Waals surface area contributed by atoms with Crippen molar-refractivity contribution in [1.29, 1.82) is 0 Å². The molecule has 8 heteroatoms. The van der Waals surface area contributed by atoms with Gasteiger partial charge in [-0.3, -0.25) is 9.59 Å². The van der Waals surface area contributed by atoms with E-state index in [-0.39, 0.29) is 44.7 Å². The molecule has 4 atom stereocenters. The smallest absolute Gasteiger partial charge is 0.236 e. The Morgan fingerprint density at radius 1 is 0.767 bits per heavy atom. The Morgan fingerprint density at radius 2 is 1.17 bits per heavy atom. The molecule has 158 valence electrons. The fourth-order valence-corrected chi connectivity index (χ4v) is 6.45. The van der Waals surface area contributed by atoms with Crippen LogP contribution in [0.5, 0.6) is 0 Å². The van der Waals surface area contributed by atoms with Gasteiger partial charge in [0.1, 0.15) is 22.4 Å². The zero-order chi connectivity index (χ0) is 21.4. The van der Waals surface area contributed by atoms with Crippen molar-refractivity contribution in [3.8, 4) is 0 Å².